The molecule has 2 aromatic carbocycles. The molecule has 2 saturated heterocycles. The predicted octanol–water partition coefficient (Wildman–Crippen LogP) is 3.27. The van der Waals surface area contributed by atoms with E-state index in [4.69, 9.17) is 9.47 Å². The average molecular weight is 474 g/mol. The van der Waals surface area contributed by atoms with E-state index in [0.717, 1.165) is 43.6 Å². The van der Waals surface area contributed by atoms with Crippen molar-refractivity contribution in [2.45, 2.75) is 31.1 Å². The molecule has 0 aliphatic carbocycles. The molecule has 0 unspecified atom stereocenters. The zero-order chi connectivity index (χ0) is 23.4. The number of carbonyl (C=O) groups is 1. The largest absolute Gasteiger partial charge is 0.495 e. The standard InChI is InChI=1S/C24H31N3O5S/c1-18-6-9-23(31-2)21(16-18)25-24(28)20-17-19(33(29,30)27-12-14-32-15-13-27)7-8-22(20)26-10-4-3-5-11-26/h6-9,16-17H,3-5,10-15H2,1-2H3,(H,25,28). The van der Waals surface area contributed by atoms with Crippen LogP contribution in [0.5, 0.6) is 5.75 Å². The van der Waals surface area contributed by atoms with Gasteiger partial charge in [0, 0.05) is 31.9 Å². The van der Waals surface area contributed by atoms with Crippen LogP contribution in [0.4, 0.5) is 11.4 Å². The number of carbonyl (C=O) groups excluding carboxylic acids is 1. The minimum absolute atomic E-state index is 0.117. The monoisotopic (exact) mass is 473 g/mol. The number of sulfonamides is 1. The van der Waals surface area contributed by atoms with Gasteiger partial charge in [0.05, 0.1) is 36.5 Å². The fourth-order valence-electron chi connectivity index (χ4n) is 4.31. The average Bonchev–Trinajstić information content (AvgIpc) is 2.85. The number of aryl methyl sites for hydroxylation is 1. The third kappa shape index (κ3) is 5.15. The lowest BCUT2D eigenvalue weighted by Crippen LogP contribution is -2.40. The second-order valence-corrected chi connectivity index (χ2v) is 10.3. The summed E-state index contributed by atoms with van der Waals surface area (Å²) in [5, 5.41) is 2.94. The molecular formula is C24H31N3O5S. The van der Waals surface area contributed by atoms with Crippen LogP contribution in [0.15, 0.2) is 41.3 Å². The van der Waals surface area contributed by atoms with Gasteiger partial charge in [0.15, 0.2) is 0 Å². The Morgan fingerprint density at radius 2 is 1.73 bits per heavy atom. The Morgan fingerprint density at radius 3 is 2.42 bits per heavy atom. The van der Waals surface area contributed by atoms with Gasteiger partial charge in [0.2, 0.25) is 10.0 Å². The fraction of sp³-hybridized carbons (Fsp3) is 0.458. The van der Waals surface area contributed by atoms with Crippen LogP contribution in [-0.2, 0) is 14.8 Å². The highest BCUT2D eigenvalue weighted by Crippen LogP contribution is 2.31. The van der Waals surface area contributed by atoms with E-state index in [1.54, 1.807) is 25.3 Å². The molecule has 2 fully saturated rings. The number of anilines is 2. The first-order valence-corrected chi connectivity index (χ1v) is 12.8. The summed E-state index contributed by atoms with van der Waals surface area (Å²) < 4.78 is 38.6. The summed E-state index contributed by atoms with van der Waals surface area (Å²) in [4.78, 5) is 15.8. The van der Waals surface area contributed by atoms with Crippen molar-refractivity contribution in [3.63, 3.8) is 0 Å². The second kappa shape index (κ2) is 10.1. The summed E-state index contributed by atoms with van der Waals surface area (Å²) in [6, 6.07) is 10.4. The summed E-state index contributed by atoms with van der Waals surface area (Å²) in [5.41, 5.74) is 2.62. The Hall–Kier alpha value is -2.62. The maximum absolute atomic E-state index is 13.5. The van der Waals surface area contributed by atoms with Gasteiger partial charge >= 0.3 is 0 Å². The van der Waals surface area contributed by atoms with Crippen LogP contribution in [-0.4, -0.2) is 65.1 Å². The Morgan fingerprint density at radius 1 is 1.00 bits per heavy atom. The van der Waals surface area contributed by atoms with E-state index in [2.05, 4.69) is 10.2 Å². The molecule has 2 aliphatic rings. The number of amides is 1. The van der Waals surface area contributed by atoms with E-state index in [1.165, 1.54) is 10.4 Å². The SMILES string of the molecule is COc1ccc(C)cc1NC(=O)c1cc(S(=O)(=O)N2CCOCC2)ccc1N1CCCCC1. The van der Waals surface area contributed by atoms with E-state index >= 15 is 0 Å². The van der Waals surface area contributed by atoms with Crippen LogP contribution in [0.25, 0.3) is 0 Å². The Balaban J connectivity index is 1.72. The molecule has 0 spiro atoms. The van der Waals surface area contributed by atoms with Crippen LogP contribution >= 0.6 is 0 Å². The molecule has 2 heterocycles. The highest BCUT2D eigenvalue weighted by Gasteiger charge is 2.29. The summed E-state index contributed by atoms with van der Waals surface area (Å²) in [5.74, 6) is 0.184. The Labute approximate surface area is 195 Å². The number of hydrogen-bond donors (Lipinski definition) is 1. The first-order chi connectivity index (χ1) is 15.9. The summed E-state index contributed by atoms with van der Waals surface area (Å²) in [6.45, 7) is 4.95. The molecule has 0 aromatic heterocycles. The maximum Gasteiger partial charge on any atom is 0.257 e. The number of nitrogens with one attached hydrogen (secondary N) is 1. The number of morpholine rings is 1. The minimum Gasteiger partial charge on any atom is -0.495 e. The third-order valence-corrected chi connectivity index (χ3v) is 8.02. The lowest BCUT2D eigenvalue weighted by Gasteiger charge is -2.31. The van der Waals surface area contributed by atoms with Crippen molar-refractivity contribution in [1.29, 1.82) is 0 Å². The molecule has 1 amide bonds. The molecule has 33 heavy (non-hydrogen) atoms. The molecule has 4 rings (SSSR count). The van der Waals surface area contributed by atoms with Crippen LogP contribution in [0.1, 0.15) is 35.2 Å². The zero-order valence-electron chi connectivity index (χ0n) is 19.2. The van der Waals surface area contributed by atoms with Gasteiger partial charge in [-0.2, -0.15) is 4.31 Å². The number of hydrogen-bond acceptors (Lipinski definition) is 6. The minimum atomic E-state index is -3.73. The molecule has 1 N–H and O–H groups in total. The number of benzene rings is 2. The van der Waals surface area contributed by atoms with Gasteiger partial charge in [0.25, 0.3) is 5.91 Å². The van der Waals surface area contributed by atoms with E-state index in [9.17, 15) is 13.2 Å². The smallest absolute Gasteiger partial charge is 0.257 e. The predicted molar refractivity (Wildman–Crippen MR) is 128 cm³/mol. The Kier molecular flexibility index (Phi) is 7.21. The molecule has 0 saturated carbocycles. The Bertz CT molecular complexity index is 1110. The van der Waals surface area contributed by atoms with Crippen molar-refractivity contribution in [3.8, 4) is 5.75 Å². The van der Waals surface area contributed by atoms with Crippen LogP contribution in [0.2, 0.25) is 0 Å². The van der Waals surface area contributed by atoms with Crippen LogP contribution in [0, 0.1) is 6.92 Å². The summed E-state index contributed by atoms with van der Waals surface area (Å²) in [6.07, 6.45) is 3.24. The molecular weight excluding hydrogens is 442 g/mol. The van der Waals surface area contributed by atoms with Gasteiger partial charge < -0.3 is 19.7 Å². The fourth-order valence-corrected chi connectivity index (χ4v) is 5.75. The van der Waals surface area contributed by atoms with Crippen LogP contribution < -0.4 is 15.0 Å². The maximum atomic E-state index is 13.5. The van der Waals surface area contributed by atoms with Crippen molar-refractivity contribution in [2.24, 2.45) is 0 Å². The lowest BCUT2D eigenvalue weighted by atomic mass is 10.1. The van der Waals surface area contributed by atoms with Crippen LogP contribution in [0.3, 0.4) is 0 Å². The topological polar surface area (TPSA) is 88.2 Å². The van der Waals surface area contributed by atoms with Gasteiger partial charge in [-0.1, -0.05) is 6.07 Å². The number of methoxy groups -OCH3 is 1. The highest BCUT2D eigenvalue weighted by atomic mass is 32.2. The van der Waals surface area contributed by atoms with Crippen molar-refractivity contribution in [3.05, 3.63) is 47.5 Å². The molecule has 0 radical (unpaired) electrons. The molecule has 178 valence electrons. The van der Waals surface area contributed by atoms with Crippen molar-refractivity contribution < 1.29 is 22.7 Å². The molecule has 2 aliphatic heterocycles. The quantitative estimate of drug-likeness (QED) is 0.693. The summed E-state index contributed by atoms with van der Waals surface area (Å²) in [7, 11) is -2.18. The molecule has 9 heteroatoms. The molecule has 2 aromatic rings. The highest BCUT2D eigenvalue weighted by molar-refractivity contribution is 7.89. The first-order valence-electron chi connectivity index (χ1n) is 11.3. The third-order valence-electron chi connectivity index (χ3n) is 6.12. The lowest BCUT2D eigenvalue weighted by molar-refractivity contribution is 0.0730. The number of ether oxygens (including phenoxy) is 2. The van der Waals surface area contributed by atoms with E-state index in [0.29, 0.717) is 43.3 Å². The first kappa shape index (κ1) is 23.5. The normalized spacial score (nSPS) is 17.6. The number of piperidine rings is 1. The van der Waals surface area contributed by atoms with E-state index < -0.39 is 10.0 Å². The molecule has 0 atom stereocenters. The van der Waals surface area contributed by atoms with Gasteiger partial charge in [0.1, 0.15) is 5.75 Å². The van der Waals surface area contributed by atoms with Crippen molar-refractivity contribution in [2.75, 3.05) is 56.7 Å². The number of rotatable bonds is 6. The van der Waals surface area contributed by atoms with E-state index in [1.807, 2.05) is 19.1 Å². The van der Waals surface area contributed by atoms with Gasteiger partial charge in [-0.25, -0.2) is 8.42 Å². The molecule has 0 bridgehead atoms. The van der Waals surface area contributed by atoms with Crippen molar-refractivity contribution in [1.82, 2.24) is 4.31 Å². The van der Waals surface area contributed by atoms with E-state index in [-0.39, 0.29) is 10.8 Å². The van der Waals surface area contributed by atoms with Crippen molar-refractivity contribution >= 4 is 27.3 Å². The zero-order valence-corrected chi connectivity index (χ0v) is 20.0. The molecule has 8 nitrogen and oxygen atoms in total. The van der Waals surface area contributed by atoms with Gasteiger partial charge in [-0.3, -0.25) is 4.79 Å². The van der Waals surface area contributed by atoms with Gasteiger partial charge in [-0.15, -0.1) is 0 Å². The summed E-state index contributed by atoms with van der Waals surface area (Å²) >= 11 is 0. The number of nitrogens with zero attached hydrogens (tertiary/aromatic N) is 2. The second-order valence-electron chi connectivity index (χ2n) is 8.40. The van der Waals surface area contributed by atoms with Gasteiger partial charge in [-0.05, 0) is 62.1 Å².